The Bertz CT molecular complexity index is 1350. The van der Waals surface area contributed by atoms with Gasteiger partial charge in [-0.15, -0.1) is 0 Å². The Hall–Kier alpha value is -3.65. The highest BCUT2D eigenvalue weighted by Gasteiger charge is 2.24. The highest BCUT2D eigenvalue weighted by Crippen LogP contribution is 2.40. The molecule has 2 aromatic heterocycles. The monoisotopic (exact) mass is 471 g/mol. The number of furan rings is 1. The Morgan fingerprint density at radius 3 is 2.48 bits per heavy atom. The number of pyridine rings is 1. The lowest BCUT2D eigenvalue weighted by Crippen LogP contribution is -2.21. The van der Waals surface area contributed by atoms with Crippen molar-refractivity contribution < 1.29 is 22.7 Å². The summed E-state index contributed by atoms with van der Waals surface area (Å²) in [5, 5.41) is 0.234. The molecular formula is C24H20ClF2N3O3. The predicted octanol–water partition coefficient (Wildman–Crippen LogP) is 5.85. The Morgan fingerprint density at radius 1 is 1.15 bits per heavy atom. The van der Waals surface area contributed by atoms with Gasteiger partial charge in [0.1, 0.15) is 17.7 Å². The maximum atomic E-state index is 14.3. The van der Waals surface area contributed by atoms with Crippen molar-refractivity contribution in [3.63, 3.8) is 0 Å². The van der Waals surface area contributed by atoms with Gasteiger partial charge in [0.2, 0.25) is 5.75 Å². The van der Waals surface area contributed by atoms with Crippen LogP contribution < -0.4 is 10.5 Å². The summed E-state index contributed by atoms with van der Waals surface area (Å²) in [7, 11) is 3.36. The summed E-state index contributed by atoms with van der Waals surface area (Å²) in [5.74, 6) is -1.47. The summed E-state index contributed by atoms with van der Waals surface area (Å²) in [6.45, 7) is 1.52. The molecule has 0 spiro atoms. The molecule has 2 N–H and O–H groups in total. The Balaban J connectivity index is 1.72. The molecule has 2 aromatic carbocycles. The number of amides is 1. The van der Waals surface area contributed by atoms with Gasteiger partial charge in [-0.05, 0) is 36.8 Å². The van der Waals surface area contributed by atoms with Gasteiger partial charge in [0.05, 0.1) is 16.7 Å². The normalized spacial score (nSPS) is 12.1. The summed E-state index contributed by atoms with van der Waals surface area (Å²) in [6.07, 6.45) is 2.07. The summed E-state index contributed by atoms with van der Waals surface area (Å²) in [5.41, 5.74) is 8.20. The lowest BCUT2D eigenvalue weighted by Gasteiger charge is -2.18. The number of aromatic nitrogens is 1. The van der Waals surface area contributed by atoms with E-state index in [9.17, 15) is 13.6 Å². The van der Waals surface area contributed by atoms with Gasteiger partial charge in [-0.25, -0.2) is 13.8 Å². The van der Waals surface area contributed by atoms with E-state index in [0.717, 1.165) is 17.7 Å². The minimum Gasteiger partial charge on any atom is -0.478 e. The first-order chi connectivity index (χ1) is 15.7. The fraction of sp³-hybridized carbons (Fsp3) is 0.167. The molecule has 170 valence electrons. The standard InChI is InChI=1S/C24H20ClF2N3O3/c1-12(19-17(26)8-9-18(27)20(19)25)33-22-21-15(10-29-23(22)28)16(11-32-21)13-4-6-14(7-5-13)24(31)30(2)3/h4-12H,1-3H3,(H2,28,29). The quantitative estimate of drug-likeness (QED) is 0.369. The number of nitrogens with two attached hydrogens (primary N) is 1. The van der Waals surface area contributed by atoms with Crippen LogP contribution in [0.2, 0.25) is 5.02 Å². The van der Waals surface area contributed by atoms with Gasteiger partial charge >= 0.3 is 0 Å². The Labute approximate surface area is 193 Å². The number of benzene rings is 2. The molecule has 0 bridgehead atoms. The lowest BCUT2D eigenvalue weighted by molar-refractivity contribution is 0.0827. The van der Waals surface area contributed by atoms with Crippen molar-refractivity contribution in [3.8, 4) is 16.9 Å². The molecule has 9 heteroatoms. The molecule has 6 nitrogen and oxygen atoms in total. The van der Waals surface area contributed by atoms with Crippen molar-refractivity contribution in [2.75, 3.05) is 19.8 Å². The molecule has 0 saturated heterocycles. The average molecular weight is 472 g/mol. The lowest BCUT2D eigenvalue weighted by atomic mass is 10.0. The highest BCUT2D eigenvalue weighted by molar-refractivity contribution is 6.31. The molecule has 0 aliphatic rings. The van der Waals surface area contributed by atoms with Crippen LogP contribution in [0, 0.1) is 11.6 Å². The van der Waals surface area contributed by atoms with Crippen LogP contribution in [-0.2, 0) is 0 Å². The van der Waals surface area contributed by atoms with Crippen molar-refractivity contribution in [1.29, 1.82) is 0 Å². The van der Waals surface area contributed by atoms with Gasteiger partial charge in [0.25, 0.3) is 5.91 Å². The third-order valence-electron chi connectivity index (χ3n) is 5.23. The van der Waals surface area contributed by atoms with Gasteiger partial charge in [0.15, 0.2) is 11.4 Å². The number of hydrogen-bond donors (Lipinski definition) is 1. The summed E-state index contributed by atoms with van der Waals surface area (Å²) in [4.78, 5) is 17.8. The Morgan fingerprint density at radius 2 is 1.82 bits per heavy atom. The van der Waals surface area contributed by atoms with E-state index >= 15 is 0 Å². The predicted molar refractivity (Wildman–Crippen MR) is 122 cm³/mol. The van der Waals surface area contributed by atoms with E-state index in [4.69, 9.17) is 26.5 Å². The Kier molecular flexibility index (Phi) is 5.95. The fourth-order valence-corrected chi connectivity index (χ4v) is 3.83. The smallest absolute Gasteiger partial charge is 0.253 e. The number of halogens is 3. The third kappa shape index (κ3) is 4.09. The van der Waals surface area contributed by atoms with Crippen LogP contribution in [0.15, 0.2) is 53.3 Å². The van der Waals surface area contributed by atoms with Crippen molar-refractivity contribution >= 4 is 34.3 Å². The molecule has 4 aromatic rings. The van der Waals surface area contributed by atoms with Gasteiger partial charge in [0, 0.05) is 37.0 Å². The SMILES string of the molecule is CC(Oc1c(N)ncc2c(-c3ccc(C(=O)N(C)C)cc3)coc12)c1c(F)ccc(F)c1Cl. The average Bonchev–Trinajstić information content (AvgIpc) is 3.22. The van der Waals surface area contributed by atoms with Crippen molar-refractivity contribution in [1.82, 2.24) is 9.88 Å². The maximum Gasteiger partial charge on any atom is 0.253 e. The summed E-state index contributed by atoms with van der Waals surface area (Å²) < 4.78 is 39.8. The van der Waals surface area contributed by atoms with Gasteiger partial charge in [-0.2, -0.15) is 0 Å². The van der Waals surface area contributed by atoms with E-state index in [1.807, 2.05) is 0 Å². The van der Waals surface area contributed by atoms with Crippen LogP contribution in [-0.4, -0.2) is 29.9 Å². The number of carbonyl (C=O) groups excluding carboxylic acids is 1. The topological polar surface area (TPSA) is 81.6 Å². The first kappa shape index (κ1) is 22.5. The molecule has 0 aliphatic carbocycles. The molecular weight excluding hydrogens is 452 g/mol. The molecule has 0 radical (unpaired) electrons. The van der Waals surface area contributed by atoms with E-state index in [1.165, 1.54) is 24.3 Å². The maximum absolute atomic E-state index is 14.3. The second-order valence-corrected chi connectivity index (χ2v) is 8.04. The van der Waals surface area contributed by atoms with E-state index in [1.54, 1.807) is 38.4 Å². The fourth-order valence-electron chi connectivity index (χ4n) is 3.52. The molecule has 1 amide bonds. The number of carbonyl (C=O) groups is 1. The molecule has 0 saturated carbocycles. The van der Waals surface area contributed by atoms with Gasteiger partial charge in [-0.1, -0.05) is 23.7 Å². The molecule has 0 aliphatic heterocycles. The second kappa shape index (κ2) is 8.71. The van der Waals surface area contributed by atoms with Crippen molar-refractivity contribution in [3.05, 3.63) is 76.6 Å². The van der Waals surface area contributed by atoms with Crippen LogP contribution in [0.25, 0.3) is 22.1 Å². The van der Waals surface area contributed by atoms with Crippen LogP contribution >= 0.6 is 11.6 Å². The largest absolute Gasteiger partial charge is 0.478 e. The first-order valence-corrected chi connectivity index (χ1v) is 10.3. The van der Waals surface area contributed by atoms with Crippen molar-refractivity contribution in [2.45, 2.75) is 13.0 Å². The molecule has 33 heavy (non-hydrogen) atoms. The summed E-state index contributed by atoms with van der Waals surface area (Å²) >= 11 is 5.96. The van der Waals surface area contributed by atoms with E-state index < -0.39 is 17.7 Å². The zero-order valence-electron chi connectivity index (χ0n) is 18.0. The van der Waals surface area contributed by atoms with E-state index in [2.05, 4.69) is 4.98 Å². The summed E-state index contributed by atoms with van der Waals surface area (Å²) in [6, 6.07) is 8.95. The van der Waals surface area contributed by atoms with Gasteiger partial charge < -0.3 is 19.8 Å². The first-order valence-electron chi connectivity index (χ1n) is 9.96. The van der Waals surface area contributed by atoms with Crippen LogP contribution in [0.1, 0.15) is 28.9 Å². The zero-order chi connectivity index (χ0) is 23.9. The zero-order valence-corrected chi connectivity index (χ0v) is 18.8. The number of ether oxygens (including phenoxy) is 1. The number of nitrogens with zero attached hydrogens (tertiary/aromatic N) is 2. The van der Waals surface area contributed by atoms with Gasteiger partial charge in [-0.3, -0.25) is 4.79 Å². The van der Waals surface area contributed by atoms with Crippen LogP contribution in [0.5, 0.6) is 5.75 Å². The molecule has 1 atom stereocenters. The number of fused-ring (bicyclic) bond motifs is 1. The minimum absolute atomic E-state index is 0.0233. The van der Waals surface area contributed by atoms with Crippen LogP contribution in [0.3, 0.4) is 0 Å². The van der Waals surface area contributed by atoms with Crippen LogP contribution in [0.4, 0.5) is 14.6 Å². The van der Waals surface area contributed by atoms with E-state index in [-0.39, 0.29) is 28.1 Å². The molecule has 2 heterocycles. The third-order valence-corrected chi connectivity index (χ3v) is 5.61. The number of hydrogen-bond acceptors (Lipinski definition) is 5. The molecule has 1 unspecified atom stereocenters. The second-order valence-electron chi connectivity index (χ2n) is 7.66. The number of nitrogen functional groups attached to an aromatic ring is 1. The highest BCUT2D eigenvalue weighted by atomic mass is 35.5. The molecule has 0 fully saturated rings. The minimum atomic E-state index is -0.979. The van der Waals surface area contributed by atoms with Crippen molar-refractivity contribution in [2.24, 2.45) is 0 Å². The number of anilines is 1. The molecule has 4 rings (SSSR count). The van der Waals surface area contributed by atoms with E-state index in [0.29, 0.717) is 22.1 Å². The number of rotatable bonds is 5.